The first-order valence-electron chi connectivity index (χ1n) is 4.27. The zero-order valence-corrected chi connectivity index (χ0v) is 9.11. The minimum atomic E-state index is -1.03. The van der Waals surface area contributed by atoms with Crippen molar-refractivity contribution in [2.45, 2.75) is 50.8 Å². The SMILES string of the molecule is CC1(C)CC(=O)CC(C)(C)P1O. The third-order valence-corrected chi connectivity index (χ3v) is 5.02. The molecule has 1 saturated heterocycles. The summed E-state index contributed by atoms with van der Waals surface area (Å²) in [5.41, 5.74) is 0. The Morgan fingerprint density at radius 2 is 1.50 bits per heavy atom. The second-order valence-corrected chi connectivity index (χ2v) is 7.87. The molecule has 0 aliphatic carbocycles. The van der Waals surface area contributed by atoms with Crippen molar-refractivity contribution in [2.24, 2.45) is 0 Å². The van der Waals surface area contributed by atoms with E-state index in [-0.39, 0.29) is 16.1 Å². The van der Waals surface area contributed by atoms with Crippen LogP contribution in [0.4, 0.5) is 0 Å². The molecule has 0 aromatic heterocycles. The number of carbonyl (C=O) groups is 1. The van der Waals surface area contributed by atoms with Crippen molar-refractivity contribution in [1.82, 2.24) is 0 Å². The lowest BCUT2D eigenvalue weighted by Gasteiger charge is -2.44. The van der Waals surface area contributed by atoms with Crippen molar-refractivity contribution in [3.63, 3.8) is 0 Å². The molecule has 0 atom stereocenters. The fourth-order valence-electron chi connectivity index (χ4n) is 2.00. The van der Waals surface area contributed by atoms with Gasteiger partial charge in [-0.2, -0.15) is 0 Å². The van der Waals surface area contributed by atoms with Gasteiger partial charge in [-0.1, -0.05) is 27.7 Å². The fourth-order valence-corrected chi connectivity index (χ4v) is 4.29. The molecule has 0 unspecified atom stereocenters. The molecule has 1 heterocycles. The molecular weight excluding hydrogens is 171 g/mol. The lowest BCUT2D eigenvalue weighted by atomic mass is 9.97. The first kappa shape index (κ1) is 10.1. The summed E-state index contributed by atoms with van der Waals surface area (Å²) in [4.78, 5) is 21.3. The minimum absolute atomic E-state index is 0.186. The van der Waals surface area contributed by atoms with E-state index in [1.807, 2.05) is 27.7 Å². The Hall–Kier alpha value is 0.0600. The summed E-state index contributed by atoms with van der Waals surface area (Å²) < 4.78 is 0. The highest BCUT2D eigenvalue weighted by atomic mass is 31.1. The van der Waals surface area contributed by atoms with Crippen molar-refractivity contribution < 1.29 is 9.69 Å². The minimum Gasteiger partial charge on any atom is -0.373 e. The Bertz CT molecular complexity index is 189. The molecule has 3 heteroatoms. The molecule has 70 valence electrons. The molecule has 12 heavy (non-hydrogen) atoms. The lowest BCUT2D eigenvalue weighted by molar-refractivity contribution is -0.120. The van der Waals surface area contributed by atoms with E-state index in [0.29, 0.717) is 12.8 Å². The Morgan fingerprint density at radius 1 is 1.17 bits per heavy atom. The van der Waals surface area contributed by atoms with Gasteiger partial charge in [0.2, 0.25) is 0 Å². The van der Waals surface area contributed by atoms with E-state index in [9.17, 15) is 9.69 Å². The highest BCUT2D eigenvalue weighted by Crippen LogP contribution is 2.62. The van der Waals surface area contributed by atoms with Crippen LogP contribution in [-0.2, 0) is 4.79 Å². The van der Waals surface area contributed by atoms with Crippen LogP contribution in [0, 0.1) is 0 Å². The number of carbonyl (C=O) groups excluding carboxylic acids is 1. The van der Waals surface area contributed by atoms with E-state index in [4.69, 9.17) is 0 Å². The fraction of sp³-hybridized carbons (Fsp3) is 0.889. The van der Waals surface area contributed by atoms with Crippen LogP contribution in [0.3, 0.4) is 0 Å². The van der Waals surface area contributed by atoms with Crippen LogP contribution in [0.25, 0.3) is 0 Å². The van der Waals surface area contributed by atoms with Gasteiger partial charge in [-0.25, -0.2) is 0 Å². The monoisotopic (exact) mass is 188 g/mol. The molecular formula is C9H17O2P. The van der Waals surface area contributed by atoms with Crippen LogP contribution in [0.5, 0.6) is 0 Å². The summed E-state index contributed by atoms with van der Waals surface area (Å²) in [6, 6.07) is 0. The summed E-state index contributed by atoms with van der Waals surface area (Å²) >= 11 is 0. The third kappa shape index (κ3) is 1.70. The predicted molar refractivity (Wildman–Crippen MR) is 51.5 cm³/mol. The van der Waals surface area contributed by atoms with Crippen molar-refractivity contribution >= 4 is 13.9 Å². The quantitative estimate of drug-likeness (QED) is 0.592. The average molecular weight is 188 g/mol. The van der Waals surface area contributed by atoms with Crippen LogP contribution in [0.15, 0.2) is 0 Å². The topological polar surface area (TPSA) is 37.3 Å². The van der Waals surface area contributed by atoms with Crippen LogP contribution >= 0.6 is 8.15 Å². The van der Waals surface area contributed by atoms with Gasteiger partial charge in [0.15, 0.2) is 0 Å². The third-order valence-electron chi connectivity index (χ3n) is 2.41. The first-order valence-corrected chi connectivity index (χ1v) is 5.56. The number of hydrogen-bond acceptors (Lipinski definition) is 2. The Morgan fingerprint density at radius 3 is 1.83 bits per heavy atom. The van der Waals surface area contributed by atoms with Crippen molar-refractivity contribution in [2.75, 3.05) is 0 Å². The first-order chi connectivity index (χ1) is 5.26. The van der Waals surface area contributed by atoms with Gasteiger partial charge in [0, 0.05) is 31.3 Å². The standard InChI is InChI=1S/C9H17O2P/c1-8(2)5-7(10)6-9(3,4)12(8)11/h11H,5-6H2,1-4H3. The van der Waals surface area contributed by atoms with Gasteiger partial charge in [-0.3, -0.25) is 4.79 Å². The number of hydrogen-bond donors (Lipinski definition) is 1. The normalized spacial score (nSPS) is 28.9. The van der Waals surface area contributed by atoms with Crippen LogP contribution in [0.2, 0.25) is 0 Å². The molecule has 1 fully saturated rings. The average Bonchev–Trinajstić information content (AvgIpc) is 1.80. The van der Waals surface area contributed by atoms with Crippen LogP contribution < -0.4 is 0 Å². The van der Waals surface area contributed by atoms with Gasteiger partial charge in [-0.15, -0.1) is 0 Å². The number of ketones is 1. The highest BCUT2D eigenvalue weighted by Gasteiger charge is 2.46. The van der Waals surface area contributed by atoms with Gasteiger partial charge in [0.25, 0.3) is 0 Å². The van der Waals surface area contributed by atoms with E-state index in [2.05, 4.69) is 0 Å². The molecule has 2 nitrogen and oxygen atoms in total. The van der Waals surface area contributed by atoms with E-state index in [1.54, 1.807) is 0 Å². The van der Waals surface area contributed by atoms with Gasteiger partial charge in [0.05, 0.1) is 0 Å². The van der Waals surface area contributed by atoms with Crippen molar-refractivity contribution in [3.8, 4) is 0 Å². The second kappa shape index (κ2) is 2.78. The van der Waals surface area contributed by atoms with Crippen LogP contribution in [-0.4, -0.2) is 21.0 Å². The molecule has 0 aromatic rings. The molecule has 1 rings (SSSR count). The summed E-state index contributed by atoms with van der Waals surface area (Å²) in [6.07, 6.45) is 1.08. The summed E-state index contributed by atoms with van der Waals surface area (Å²) in [7, 11) is -1.03. The van der Waals surface area contributed by atoms with E-state index in [1.165, 1.54) is 0 Å². The second-order valence-electron chi connectivity index (χ2n) is 4.83. The van der Waals surface area contributed by atoms with Crippen molar-refractivity contribution in [1.29, 1.82) is 0 Å². The predicted octanol–water partition coefficient (Wildman–Crippen LogP) is 2.30. The van der Waals surface area contributed by atoms with Gasteiger partial charge in [0.1, 0.15) is 5.78 Å². The summed E-state index contributed by atoms with van der Waals surface area (Å²) in [6.45, 7) is 7.93. The van der Waals surface area contributed by atoms with E-state index in [0.717, 1.165) is 0 Å². The Labute approximate surface area is 75.2 Å². The highest BCUT2D eigenvalue weighted by molar-refractivity contribution is 7.55. The smallest absolute Gasteiger partial charge is 0.134 e. The summed E-state index contributed by atoms with van der Waals surface area (Å²) in [5, 5.41) is -0.373. The Kier molecular flexibility index (Phi) is 2.35. The van der Waals surface area contributed by atoms with Gasteiger partial charge in [-0.05, 0) is 0 Å². The molecule has 1 aliphatic heterocycles. The maximum Gasteiger partial charge on any atom is 0.134 e. The molecule has 1 aliphatic rings. The van der Waals surface area contributed by atoms with Gasteiger partial charge >= 0.3 is 0 Å². The molecule has 1 N–H and O–H groups in total. The zero-order valence-electron chi connectivity index (χ0n) is 8.22. The van der Waals surface area contributed by atoms with Crippen LogP contribution in [0.1, 0.15) is 40.5 Å². The van der Waals surface area contributed by atoms with Gasteiger partial charge < -0.3 is 4.89 Å². The molecule has 0 radical (unpaired) electrons. The Balaban J connectivity index is 2.91. The lowest BCUT2D eigenvalue weighted by Crippen LogP contribution is -2.39. The molecule has 0 aromatic carbocycles. The maximum atomic E-state index is 11.3. The molecule has 0 amide bonds. The number of rotatable bonds is 0. The van der Waals surface area contributed by atoms with E-state index < -0.39 is 8.15 Å². The molecule has 0 spiro atoms. The van der Waals surface area contributed by atoms with Crippen molar-refractivity contribution in [3.05, 3.63) is 0 Å². The summed E-state index contributed by atoms with van der Waals surface area (Å²) in [5.74, 6) is 0.290. The largest absolute Gasteiger partial charge is 0.373 e. The van der Waals surface area contributed by atoms with E-state index >= 15 is 0 Å². The molecule has 0 saturated carbocycles. The maximum absolute atomic E-state index is 11.3. The number of Topliss-reactive ketones (excluding diaryl/α,β-unsaturated/α-hetero) is 1. The molecule has 0 bridgehead atoms. The zero-order chi connectivity index (χ0) is 9.57.